The lowest BCUT2D eigenvalue weighted by atomic mass is 9.99. The number of rotatable bonds is 8. The predicted octanol–water partition coefficient (Wildman–Crippen LogP) is 4.93. The van der Waals surface area contributed by atoms with Gasteiger partial charge in [-0.05, 0) is 83.8 Å². The number of hydrogen-bond donors (Lipinski definition) is 2. The molecule has 1 aromatic carbocycles. The summed E-state index contributed by atoms with van der Waals surface area (Å²) in [6, 6.07) is 4.95. The van der Waals surface area contributed by atoms with Crippen molar-refractivity contribution in [3.8, 4) is 6.01 Å². The second kappa shape index (κ2) is 15.3. The summed E-state index contributed by atoms with van der Waals surface area (Å²) in [5, 5.41) is 1.25. The highest BCUT2D eigenvalue weighted by atomic mass is 32.1. The number of benzene rings is 1. The van der Waals surface area contributed by atoms with Crippen LogP contribution in [0.1, 0.15) is 49.1 Å². The normalized spacial score (nSPS) is 16.7. The zero-order valence-corrected chi connectivity index (χ0v) is 27.4. The molecule has 44 heavy (non-hydrogen) atoms. The Hall–Kier alpha value is -3.82. The number of carbonyl (C=O) groups is 1. The maximum atomic E-state index is 12.5. The molecule has 0 aliphatic carbocycles. The molecule has 12 heteroatoms. The number of aryl methyl sites for hydroxylation is 1. The number of nitrogen functional groups attached to an aromatic ring is 1. The SMILES string of the molecule is Cc1cc2[nH]ccc2c(N2CCc3c(N)nc(OC[C@@H]4CCCN4C)nc3C2)c1C.S.[C-]#[N+]C[C@@H](C)N(CC)C(=O)C(=C)F. The first-order valence-electron chi connectivity index (χ1n) is 14.8. The summed E-state index contributed by atoms with van der Waals surface area (Å²) in [6.07, 6.45) is 5.23. The van der Waals surface area contributed by atoms with Gasteiger partial charge in [-0.3, -0.25) is 4.79 Å². The Balaban J connectivity index is 0.000000324. The lowest BCUT2D eigenvalue weighted by molar-refractivity contribution is -0.130. The maximum absolute atomic E-state index is 12.5. The number of nitrogens with two attached hydrogens (primary N) is 1. The van der Waals surface area contributed by atoms with Gasteiger partial charge in [0, 0.05) is 47.5 Å². The van der Waals surface area contributed by atoms with Crippen molar-refractivity contribution < 1.29 is 13.9 Å². The van der Waals surface area contributed by atoms with Crippen molar-refractivity contribution in [3.05, 3.63) is 64.5 Å². The quantitative estimate of drug-likeness (QED) is 0.270. The molecule has 0 bridgehead atoms. The van der Waals surface area contributed by atoms with E-state index >= 15 is 0 Å². The summed E-state index contributed by atoms with van der Waals surface area (Å²) in [5.41, 5.74) is 13.4. The average molecular weight is 625 g/mol. The first-order valence-corrected chi connectivity index (χ1v) is 14.8. The highest BCUT2D eigenvalue weighted by Crippen LogP contribution is 2.36. The van der Waals surface area contributed by atoms with Gasteiger partial charge in [0.1, 0.15) is 18.5 Å². The molecule has 5 rings (SSSR count). The molecule has 2 aliphatic heterocycles. The number of ether oxygens (including phenoxy) is 1. The molecule has 2 atom stereocenters. The van der Waals surface area contributed by atoms with E-state index in [1.165, 1.54) is 39.0 Å². The average Bonchev–Trinajstić information content (AvgIpc) is 3.61. The second-order valence-electron chi connectivity index (χ2n) is 11.4. The van der Waals surface area contributed by atoms with Crippen LogP contribution < -0.4 is 15.4 Å². The van der Waals surface area contributed by atoms with Gasteiger partial charge in [-0.25, -0.2) is 11.0 Å². The van der Waals surface area contributed by atoms with Gasteiger partial charge < -0.3 is 35.0 Å². The highest BCUT2D eigenvalue weighted by molar-refractivity contribution is 7.59. The number of nitrogens with one attached hydrogen (secondary N) is 1. The molecular weight excluding hydrogens is 579 g/mol. The van der Waals surface area contributed by atoms with Crippen molar-refractivity contribution in [1.82, 2.24) is 24.8 Å². The van der Waals surface area contributed by atoms with Crippen LogP contribution in [-0.2, 0) is 17.8 Å². The minimum absolute atomic E-state index is 0. The number of fused-ring (bicyclic) bond motifs is 2. The number of amides is 1. The summed E-state index contributed by atoms with van der Waals surface area (Å²) in [7, 11) is 2.15. The first-order chi connectivity index (χ1) is 20.5. The molecule has 10 nitrogen and oxygen atoms in total. The van der Waals surface area contributed by atoms with Crippen LogP contribution in [0.25, 0.3) is 15.7 Å². The van der Waals surface area contributed by atoms with E-state index in [0.29, 0.717) is 37.6 Å². The summed E-state index contributed by atoms with van der Waals surface area (Å²) in [6.45, 7) is 21.3. The molecule has 1 amide bonds. The Kier molecular flexibility index (Phi) is 12.0. The lowest BCUT2D eigenvalue weighted by Crippen LogP contribution is -2.40. The molecule has 2 aliphatic rings. The van der Waals surface area contributed by atoms with Crippen LogP contribution in [0.4, 0.5) is 15.9 Å². The van der Waals surface area contributed by atoms with E-state index < -0.39 is 11.7 Å². The third-order valence-corrected chi connectivity index (χ3v) is 8.53. The van der Waals surface area contributed by atoms with Crippen LogP contribution in [0.3, 0.4) is 0 Å². The zero-order valence-electron chi connectivity index (χ0n) is 26.4. The van der Waals surface area contributed by atoms with Gasteiger partial charge in [-0.1, -0.05) is 6.58 Å². The number of halogens is 1. The number of hydrogen-bond acceptors (Lipinski definition) is 7. The first kappa shape index (κ1) is 34.7. The van der Waals surface area contributed by atoms with Crippen molar-refractivity contribution >= 4 is 41.8 Å². The van der Waals surface area contributed by atoms with Gasteiger partial charge in [-0.15, -0.1) is 0 Å². The molecule has 0 saturated carbocycles. The number of anilines is 2. The number of likely N-dealkylation sites (N-methyl/N-ethyl adjacent to an activating group) is 2. The molecule has 4 heterocycles. The largest absolute Gasteiger partial charge is 0.462 e. The van der Waals surface area contributed by atoms with Crippen LogP contribution in [0.15, 0.2) is 30.7 Å². The molecule has 1 saturated heterocycles. The molecule has 0 unspecified atom stereocenters. The Morgan fingerprint density at radius 2 is 2.11 bits per heavy atom. The van der Waals surface area contributed by atoms with Crippen LogP contribution in [0.5, 0.6) is 6.01 Å². The molecule has 2 aromatic heterocycles. The summed E-state index contributed by atoms with van der Waals surface area (Å²) in [4.78, 5) is 32.9. The number of aromatic amines is 1. The Morgan fingerprint density at radius 3 is 2.75 bits per heavy atom. The topological polar surface area (TPSA) is 108 Å². The van der Waals surface area contributed by atoms with Crippen molar-refractivity contribution in [2.75, 3.05) is 50.5 Å². The predicted molar refractivity (Wildman–Crippen MR) is 179 cm³/mol. The minimum atomic E-state index is -0.973. The van der Waals surface area contributed by atoms with E-state index in [2.05, 4.69) is 64.2 Å². The molecule has 3 aromatic rings. The summed E-state index contributed by atoms with van der Waals surface area (Å²) >= 11 is 0. The molecular formula is C32H45FN8O2S. The molecule has 0 radical (unpaired) electrons. The van der Waals surface area contributed by atoms with Gasteiger partial charge in [-0.2, -0.15) is 23.5 Å². The maximum Gasteiger partial charge on any atom is 0.318 e. The number of carbonyl (C=O) groups excluding carboxylic acids is 1. The molecule has 1 fully saturated rings. The molecule has 238 valence electrons. The minimum Gasteiger partial charge on any atom is -0.462 e. The number of aromatic nitrogens is 3. The van der Waals surface area contributed by atoms with Crippen molar-refractivity contribution in [1.29, 1.82) is 0 Å². The zero-order chi connectivity index (χ0) is 31.3. The highest BCUT2D eigenvalue weighted by Gasteiger charge is 2.26. The van der Waals surface area contributed by atoms with Crippen LogP contribution >= 0.6 is 13.5 Å². The standard InChI is InChI=1S/C23H30N6O.C9H13FN2O.H2S/c1-14-11-19-17(6-8-25-19)21(15(14)2)29-10-7-18-20(12-29)26-23(27-22(18)24)30-13-16-5-4-9-28(16)3;1-5-12(7(2)6-11-4)9(13)8(3)10;/h6,8,11,16,25H,4-5,7,9-10,12-13H2,1-3H3,(H2,24,26,27);7H,3,5-6H2,1-2H3;1H2/t16-;7-;/m01./s1. The van der Waals surface area contributed by atoms with Crippen LogP contribution in [0.2, 0.25) is 0 Å². The second-order valence-corrected chi connectivity index (χ2v) is 11.4. The Bertz CT molecular complexity index is 1520. The Labute approximate surface area is 266 Å². The fourth-order valence-electron chi connectivity index (χ4n) is 5.92. The fraction of sp³-hybridized carbons (Fsp3) is 0.500. The van der Waals surface area contributed by atoms with E-state index in [0.717, 1.165) is 37.2 Å². The van der Waals surface area contributed by atoms with Crippen LogP contribution in [-0.4, -0.2) is 82.6 Å². The van der Waals surface area contributed by atoms with E-state index in [9.17, 15) is 9.18 Å². The Morgan fingerprint density at radius 1 is 1.36 bits per heavy atom. The third kappa shape index (κ3) is 7.63. The van der Waals surface area contributed by atoms with Gasteiger partial charge in [0.15, 0.2) is 5.83 Å². The number of likely N-dealkylation sites (tertiary alicyclic amines) is 1. The number of nitrogens with zero attached hydrogens (tertiary/aromatic N) is 6. The van der Waals surface area contributed by atoms with E-state index in [-0.39, 0.29) is 26.1 Å². The number of H-pyrrole nitrogens is 1. The third-order valence-electron chi connectivity index (χ3n) is 8.53. The monoisotopic (exact) mass is 624 g/mol. The van der Waals surface area contributed by atoms with Gasteiger partial charge in [0.25, 0.3) is 5.91 Å². The van der Waals surface area contributed by atoms with Gasteiger partial charge >= 0.3 is 6.01 Å². The van der Waals surface area contributed by atoms with E-state index in [4.69, 9.17) is 22.0 Å². The summed E-state index contributed by atoms with van der Waals surface area (Å²) in [5.74, 6) is -1.14. The van der Waals surface area contributed by atoms with Crippen molar-refractivity contribution in [2.24, 2.45) is 0 Å². The van der Waals surface area contributed by atoms with Crippen LogP contribution in [0, 0.1) is 20.4 Å². The van der Waals surface area contributed by atoms with Gasteiger partial charge in [0.2, 0.25) is 6.54 Å². The molecule has 3 N–H and O–H groups in total. The summed E-state index contributed by atoms with van der Waals surface area (Å²) < 4.78 is 18.5. The van der Waals surface area contributed by atoms with E-state index in [1.807, 2.05) is 6.20 Å². The smallest absolute Gasteiger partial charge is 0.318 e. The molecule has 0 spiro atoms. The van der Waals surface area contributed by atoms with Crippen molar-refractivity contribution in [3.63, 3.8) is 0 Å². The lowest BCUT2D eigenvalue weighted by Gasteiger charge is -2.32. The fourth-order valence-corrected chi connectivity index (χ4v) is 5.92. The van der Waals surface area contributed by atoms with E-state index in [1.54, 1.807) is 13.8 Å². The van der Waals surface area contributed by atoms with Gasteiger partial charge in [0.05, 0.1) is 12.2 Å². The van der Waals surface area contributed by atoms with Crippen molar-refractivity contribution in [2.45, 2.75) is 65.6 Å².